The van der Waals surface area contributed by atoms with Crippen LogP contribution in [0.4, 0.5) is 0 Å². The van der Waals surface area contributed by atoms with Crippen LogP contribution in [0.3, 0.4) is 0 Å². The summed E-state index contributed by atoms with van der Waals surface area (Å²) in [7, 11) is 0. The molecule has 1 rings (SSSR count). The zero-order valence-corrected chi connectivity index (χ0v) is 7.83. The van der Waals surface area contributed by atoms with Crippen molar-refractivity contribution in [2.24, 2.45) is 0 Å². The molecular weight excluding hydrogens is 164 g/mol. The predicted octanol–water partition coefficient (Wildman–Crippen LogP) is 2.26. The third kappa shape index (κ3) is 1.83. The Morgan fingerprint density at radius 3 is 2.62 bits per heavy atom. The van der Waals surface area contributed by atoms with Gasteiger partial charge in [0, 0.05) is 11.1 Å². The molecule has 2 heteroatoms. The van der Waals surface area contributed by atoms with Crippen molar-refractivity contribution >= 4 is 12.1 Å². The van der Waals surface area contributed by atoms with Crippen molar-refractivity contribution in [3.8, 4) is 0 Å². The summed E-state index contributed by atoms with van der Waals surface area (Å²) in [6, 6.07) is 5.23. The number of carbonyl (C=O) groups excluding carboxylic acids is 2. The topological polar surface area (TPSA) is 34.1 Å². The van der Waals surface area contributed by atoms with Crippen LogP contribution in [0, 0.1) is 0 Å². The number of hydrogen-bond acceptors (Lipinski definition) is 2. The number of Topliss-reactive ketones (excluding diaryl/α,β-unsaturated/α-hetero) is 1. The minimum Gasteiger partial charge on any atom is -0.298 e. The van der Waals surface area contributed by atoms with Gasteiger partial charge in [-0.2, -0.15) is 0 Å². The molecule has 0 radical (unpaired) electrons. The van der Waals surface area contributed by atoms with Crippen LogP contribution in [-0.4, -0.2) is 12.1 Å². The molecule has 1 aromatic rings. The monoisotopic (exact) mass is 176 g/mol. The van der Waals surface area contributed by atoms with Crippen molar-refractivity contribution in [3.05, 3.63) is 34.9 Å². The third-order valence-corrected chi connectivity index (χ3v) is 2.07. The molecule has 0 N–H and O–H groups in total. The third-order valence-electron chi connectivity index (χ3n) is 2.07. The number of aldehydes is 1. The summed E-state index contributed by atoms with van der Waals surface area (Å²) in [5.74, 6) is 0.0144. The molecule has 0 aromatic heterocycles. The summed E-state index contributed by atoms with van der Waals surface area (Å²) < 4.78 is 0. The van der Waals surface area contributed by atoms with Crippen LogP contribution in [0.15, 0.2) is 18.2 Å². The van der Waals surface area contributed by atoms with Gasteiger partial charge in [0.05, 0.1) is 0 Å². The fourth-order valence-electron chi connectivity index (χ4n) is 1.44. The van der Waals surface area contributed by atoms with Crippen LogP contribution in [0.2, 0.25) is 0 Å². The largest absolute Gasteiger partial charge is 0.298 e. The van der Waals surface area contributed by atoms with E-state index in [9.17, 15) is 9.59 Å². The fraction of sp³-hybridized carbons (Fsp3) is 0.273. The van der Waals surface area contributed by atoms with E-state index in [1.807, 2.05) is 6.92 Å². The van der Waals surface area contributed by atoms with E-state index < -0.39 is 0 Å². The molecule has 0 aliphatic rings. The van der Waals surface area contributed by atoms with E-state index in [1.165, 1.54) is 6.92 Å². The van der Waals surface area contributed by atoms with Gasteiger partial charge in [-0.1, -0.05) is 25.1 Å². The molecule has 0 aliphatic carbocycles. The van der Waals surface area contributed by atoms with Gasteiger partial charge in [-0.15, -0.1) is 0 Å². The Kier molecular flexibility index (Phi) is 2.96. The van der Waals surface area contributed by atoms with Gasteiger partial charge >= 0.3 is 0 Å². The first-order chi connectivity index (χ1) is 6.20. The Morgan fingerprint density at radius 2 is 2.15 bits per heavy atom. The molecule has 0 aliphatic heterocycles. The van der Waals surface area contributed by atoms with Crippen LogP contribution < -0.4 is 0 Å². The van der Waals surface area contributed by atoms with Crippen molar-refractivity contribution < 1.29 is 9.59 Å². The summed E-state index contributed by atoms with van der Waals surface area (Å²) in [6.45, 7) is 3.46. The van der Waals surface area contributed by atoms with Crippen molar-refractivity contribution in [1.29, 1.82) is 0 Å². The second kappa shape index (κ2) is 3.99. The minimum atomic E-state index is 0.0144. The lowest BCUT2D eigenvalue weighted by molar-refractivity contribution is 0.101. The molecule has 0 atom stereocenters. The SMILES string of the molecule is CCc1c(C=O)cccc1C(C)=O. The summed E-state index contributed by atoms with van der Waals surface area (Å²) in [5.41, 5.74) is 2.13. The summed E-state index contributed by atoms with van der Waals surface area (Å²) in [6.07, 6.45) is 1.51. The van der Waals surface area contributed by atoms with Crippen LogP contribution in [-0.2, 0) is 6.42 Å². The van der Waals surface area contributed by atoms with Gasteiger partial charge in [-0.05, 0) is 18.9 Å². The molecule has 0 fully saturated rings. The Morgan fingerprint density at radius 1 is 1.46 bits per heavy atom. The zero-order chi connectivity index (χ0) is 9.84. The highest BCUT2D eigenvalue weighted by molar-refractivity contribution is 5.97. The second-order valence-electron chi connectivity index (χ2n) is 2.90. The maximum atomic E-state index is 11.2. The van der Waals surface area contributed by atoms with Crippen molar-refractivity contribution in [2.45, 2.75) is 20.3 Å². The average Bonchev–Trinajstić information content (AvgIpc) is 2.16. The van der Waals surface area contributed by atoms with Crippen molar-refractivity contribution in [2.75, 3.05) is 0 Å². The van der Waals surface area contributed by atoms with E-state index in [4.69, 9.17) is 0 Å². The predicted molar refractivity (Wildman–Crippen MR) is 51.2 cm³/mol. The van der Waals surface area contributed by atoms with Gasteiger partial charge < -0.3 is 0 Å². The van der Waals surface area contributed by atoms with E-state index in [0.717, 1.165) is 11.8 Å². The van der Waals surface area contributed by atoms with Gasteiger partial charge in [-0.3, -0.25) is 9.59 Å². The first kappa shape index (κ1) is 9.65. The number of carbonyl (C=O) groups is 2. The van der Waals surface area contributed by atoms with Crippen LogP contribution in [0.5, 0.6) is 0 Å². The van der Waals surface area contributed by atoms with E-state index in [2.05, 4.69) is 0 Å². The molecule has 0 unspecified atom stereocenters. The number of rotatable bonds is 3. The lowest BCUT2D eigenvalue weighted by Gasteiger charge is -2.06. The highest BCUT2D eigenvalue weighted by Gasteiger charge is 2.08. The van der Waals surface area contributed by atoms with Crippen LogP contribution in [0.25, 0.3) is 0 Å². The minimum absolute atomic E-state index is 0.0144. The van der Waals surface area contributed by atoms with E-state index in [1.54, 1.807) is 18.2 Å². The number of hydrogen-bond donors (Lipinski definition) is 0. The zero-order valence-electron chi connectivity index (χ0n) is 7.83. The molecule has 2 nitrogen and oxygen atoms in total. The molecule has 1 aromatic carbocycles. The molecule has 0 saturated carbocycles. The summed E-state index contributed by atoms with van der Waals surface area (Å²) >= 11 is 0. The highest BCUT2D eigenvalue weighted by Crippen LogP contribution is 2.14. The second-order valence-corrected chi connectivity index (χ2v) is 2.90. The Hall–Kier alpha value is -1.44. The van der Waals surface area contributed by atoms with Gasteiger partial charge in [0.1, 0.15) is 6.29 Å². The number of ketones is 1. The maximum absolute atomic E-state index is 11.2. The van der Waals surface area contributed by atoms with E-state index >= 15 is 0 Å². The first-order valence-corrected chi connectivity index (χ1v) is 4.28. The summed E-state index contributed by atoms with van der Waals surface area (Å²) in [5, 5.41) is 0. The molecule has 13 heavy (non-hydrogen) atoms. The van der Waals surface area contributed by atoms with E-state index in [-0.39, 0.29) is 5.78 Å². The lowest BCUT2D eigenvalue weighted by Crippen LogP contribution is -2.02. The quantitative estimate of drug-likeness (QED) is 0.523. The molecular formula is C11H12O2. The molecule has 68 valence electrons. The van der Waals surface area contributed by atoms with Gasteiger partial charge in [0.15, 0.2) is 5.78 Å². The standard InChI is InChI=1S/C11H12O2/c1-3-10-9(7-12)5-4-6-11(10)8(2)13/h4-7H,3H2,1-2H3. The highest BCUT2D eigenvalue weighted by atomic mass is 16.1. The molecule has 0 saturated heterocycles. The van der Waals surface area contributed by atoms with Gasteiger partial charge in [0.25, 0.3) is 0 Å². The van der Waals surface area contributed by atoms with Crippen LogP contribution in [0.1, 0.15) is 40.1 Å². The lowest BCUT2D eigenvalue weighted by atomic mass is 9.97. The molecule has 0 heterocycles. The fourth-order valence-corrected chi connectivity index (χ4v) is 1.44. The van der Waals surface area contributed by atoms with Gasteiger partial charge in [-0.25, -0.2) is 0 Å². The van der Waals surface area contributed by atoms with Crippen molar-refractivity contribution in [1.82, 2.24) is 0 Å². The van der Waals surface area contributed by atoms with Crippen molar-refractivity contribution in [3.63, 3.8) is 0 Å². The molecule has 0 bridgehead atoms. The number of benzene rings is 1. The normalized spacial score (nSPS) is 9.69. The van der Waals surface area contributed by atoms with Gasteiger partial charge in [0.2, 0.25) is 0 Å². The van der Waals surface area contributed by atoms with Crippen LogP contribution >= 0.6 is 0 Å². The smallest absolute Gasteiger partial charge is 0.160 e. The van der Waals surface area contributed by atoms with E-state index in [0.29, 0.717) is 17.5 Å². The first-order valence-electron chi connectivity index (χ1n) is 4.28. The Bertz CT molecular complexity index is 340. The average molecular weight is 176 g/mol. The maximum Gasteiger partial charge on any atom is 0.160 e. The molecule has 0 spiro atoms. The summed E-state index contributed by atoms with van der Waals surface area (Å²) in [4.78, 5) is 21.8. The molecule has 0 amide bonds. The Balaban J connectivity index is 3.35. The Labute approximate surface area is 77.6 Å².